The average molecular weight is 279 g/mol. The minimum Gasteiger partial charge on any atom is -0.508 e. The number of benzene rings is 1. The summed E-state index contributed by atoms with van der Waals surface area (Å²) in [5, 5.41) is 24.8. The van der Waals surface area contributed by atoms with E-state index in [1.165, 1.54) is 12.1 Å². The number of aromatic hydroxyl groups is 2. The van der Waals surface area contributed by atoms with E-state index < -0.39 is 0 Å². The van der Waals surface area contributed by atoms with Crippen LogP contribution in [0.2, 0.25) is 0 Å². The minimum atomic E-state index is -0.317. The highest BCUT2D eigenvalue weighted by atomic mass is 16.3. The number of piperazine rings is 1. The Bertz CT molecular complexity index is 459. The predicted molar refractivity (Wildman–Crippen MR) is 76.0 cm³/mol. The summed E-state index contributed by atoms with van der Waals surface area (Å²) in [6, 6.07) is 3.96. The van der Waals surface area contributed by atoms with Gasteiger partial charge in [-0.1, -0.05) is 0 Å². The largest absolute Gasteiger partial charge is 0.508 e. The van der Waals surface area contributed by atoms with Crippen LogP contribution in [0.5, 0.6) is 11.5 Å². The van der Waals surface area contributed by atoms with E-state index in [1.54, 1.807) is 0 Å². The molecule has 1 aromatic carbocycles. The zero-order valence-electron chi connectivity index (χ0n) is 11.4. The van der Waals surface area contributed by atoms with E-state index in [0.29, 0.717) is 6.54 Å². The first kappa shape index (κ1) is 14.6. The molecule has 0 atom stereocenters. The predicted octanol–water partition coefficient (Wildman–Crippen LogP) is 0.123. The number of nitrogens with one attached hydrogen (secondary N) is 2. The third-order valence-corrected chi connectivity index (χ3v) is 3.37. The van der Waals surface area contributed by atoms with E-state index in [1.807, 2.05) is 0 Å². The van der Waals surface area contributed by atoms with Crippen molar-refractivity contribution in [3.8, 4) is 11.5 Å². The normalized spacial score (nSPS) is 16.0. The lowest BCUT2D eigenvalue weighted by Crippen LogP contribution is -2.44. The minimum absolute atomic E-state index is 0.0576. The molecule has 1 aliphatic rings. The van der Waals surface area contributed by atoms with E-state index in [2.05, 4.69) is 15.5 Å². The molecule has 1 amide bonds. The van der Waals surface area contributed by atoms with Crippen molar-refractivity contribution in [2.75, 3.05) is 39.3 Å². The van der Waals surface area contributed by atoms with E-state index in [0.717, 1.165) is 45.2 Å². The second-order valence-electron chi connectivity index (χ2n) is 4.90. The van der Waals surface area contributed by atoms with Crippen LogP contribution >= 0.6 is 0 Å². The van der Waals surface area contributed by atoms with E-state index in [4.69, 9.17) is 0 Å². The molecule has 1 saturated heterocycles. The Morgan fingerprint density at radius 1 is 1.30 bits per heavy atom. The standard InChI is InChI=1S/C14H21N3O3/c18-11-2-3-12(13(19)10-11)14(20)16-4-1-7-17-8-5-15-6-9-17/h2-3,10,15,18-19H,1,4-9H2,(H,16,20). The number of hydrogen-bond acceptors (Lipinski definition) is 5. The SMILES string of the molecule is O=C(NCCCN1CCNCC1)c1ccc(O)cc1O. The molecule has 0 unspecified atom stereocenters. The molecule has 20 heavy (non-hydrogen) atoms. The number of rotatable bonds is 5. The first-order valence-corrected chi connectivity index (χ1v) is 6.90. The Morgan fingerprint density at radius 3 is 2.75 bits per heavy atom. The highest BCUT2D eigenvalue weighted by molar-refractivity contribution is 5.96. The van der Waals surface area contributed by atoms with Crippen LogP contribution in [0, 0.1) is 0 Å². The van der Waals surface area contributed by atoms with Gasteiger partial charge in [0, 0.05) is 38.8 Å². The maximum absolute atomic E-state index is 11.9. The summed E-state index contributed by atoms with van der Waals surface area (Å²) in [6.07, 6.45) is 0.880. The Labute approximate surface area is 118 Å². The molecule has 1 fully saturated rings. The Hall–Kier alpha value is -1.79. The fraction of sp³-hybridized carbons (Fsp3) is 0.500. The summed E-state index contributed by atoms with van der Waals surface area (Å²) in [5.41, 5.74) is 0.185. The van der Waals surface area contributed by atoms with Gasteiger partial charge < -0.3 is 25.7 Å². The average Bonchev–Trinajstić information content (AvgIpc) is 2.44. The molecule has 0 bridgehead atoms. The molecule has 110 valence electrons. The van der Waals surface area contributed by atoms with E-state index in [-0.39, 0.29) is 23.0 Å². The zero-order valence-corrected chi connectivity index (χ0v) is 11.4. The van der Waals surface area contributed by atoms with Crippen LogP contribution in [0.15, 0.2) is 18.2 Å². The number of phenolic OH excluding ortho intramolecular Hbond substituents is 2. The maximum Gasteiger partial charge on any atom is 0.255 e. The molecule has 6 heteroatoms. The smallest absolute Gasteiger partial charge is 0.255 e. The summed E-state index contributed by atoms with van der Waals surface area (Å²) in [5.74, 6) is -0.579. The van der Waals surface area contributed by atoms with Crippen LogP contribution in [0.3, 0.4) is 0 Å². The Balaban J connectivity index is 1.72. The highest BCUT2D eigenvalue weighted by Gasteiger charge is 2.12. The first-order chi connectivity index (χ1) is 9.66. The van der Waals surface area contributed by atoms with Gasteiger partial charge in [-0.2, -0.15) is 0 Å². The summed E-state index contributed by atoms with van der Waals surface area (Å²) in [6.45, 7) is 5.67. The van der Waals surface area contributed by atoms with Gasteiger partial charge in [0.1, 0.15) is 11.5 Å². The van der Waals surface area contributed by atoms with Crippen molar-refractivity contribution in [3.63, 3.8) is 0 Å². The number of amides is 1. The monoisotopic (exact) mass is 279 g/mol. The molecule has 6 nitrogen and oxygen atoms in total. The van der Waals surface area contributed by atoms with E-state index >= 15 is 0 Å². The molecule has 0 radical (unpaired) electrons. The van der Waals surface area contributed by atoms with Crippen molar-refractivity contribution < 1.29 is 15.0 Å². The van der Waals surface area contributed by atoms with Crippen molar-refractivity contribution in [1.82, 2.24) is 15.5 Å². The van der Waals surface area contributed by atoms with Gasteiger partial charge in [-0.3, -0.25) is 4.79 Å². The molecular weight excluding hydrogens is 258 g/mol. The van der Waals surface area contributed by atoms with Crippen molar-refractivity contribution in [2.45, 2.75) is 6.42 Å². The summed E-state index contributed by atoms with van der Waals surface area (Å²) in [7, 11) is 0. The first-order valence-electron chi connectivity index (χ1n) is 6.90. The molecule has 2 rings (SSSR count). The van der Waals surface area contributed by atoms with Gasteiger partial charge in [-0.25, -0.2) is 0 Å². The van der Waals surface area contributed by atoms with Gasteiger partial charge in [0.2, 0.25) is 0 Å². The summed E-state index contributed by atoms with van der Waals surface area (Å²) >= 11 is 0. The molecule has 1 aliphatic heterocycles. The highest BCUT2D eigenvalue weighted by Crippen LogP contribution is 2.22. The molecule has 0 spiro atoms. The van der Waals surface area contributed by atoms with Crippen LogP contribution in [0.1, 0.15) is 16.8 Å². The molecular formula is C14H21N3O3. The van der Waals surface area contributed by atoms with Crippen LogP contribution < -0.4 is 10.6 Å². The molecule has 4 N–H and O–H groups in total. The van der Waals surface area contributed by atoms with Crippen molar-refractivity contribution in [1.29, 1.82) is 0 Å². The van der Waals surface area contributed by atoms with Gasteiger partial charge in [-0.15, -0.1) is 0 Å². The lowest BCUT2D eigenvalue weighted by atomic mass is 10.2. The number of carbonyl (C=O) groups is 1. The number of phenols is 2. The fourth-order valence-corrected chi connectivity index (χ4v) is 2.25. The lowest BCUT2D eigenvalue weighted by Gasteiger charge is -2.27. The lowest BCUT2D eigenvalue weighted by molar-refractivity contribution is 0.0948. The van der Waals surface area contributed by atoms with Crippen LogP contribution in [0.25, 0.3) is 0 Å². The van der Waals surface area contributed by atoms with E-state index in [9.17, 15) is 15.0 Å². The zero-order chi connectivity index (χ0) is 14.4. The van der Waals surface area contributed by atoms with Gasteiger partial charge in [0.25, 0.3) is 5.91 Å². The fourth-order valence-electron chi connectivity index (χ4n) is 2.25. The van der Waals surface area contributed by atoms with Gasteiger partial charge in [0.05, 0.1) is 5.56 Å². The summed E-state index contributed by atoms with van der Waals surface area (Å²) in [4.78, 5) is 14.2. The molecule has 1 heterocycles. The second kappa shape index (κ2) is 7.12. The van der Waals surface area contributed by atoms with Crippen molar-refractivity contribution >= 4 is 5.91 Å². The number of nitrogens with zero attached hydrogens (tertiary/aromatic N) is 1. The van der Waals surface area contributed by atoms with Crippen LogP contribution in [-0.2, 0) is 0 Å². The van der Waals surface area contributed by atoms with Crippen molar-refractivity contribution in [3.05, 3.63) is 23.8 Å². The Kier molecular flexibility index (Phi) is 5.20. The quantitative estimate of drug-likeness (QED) is 0.576. The molecule has 0 aromatic heterocycles. The molecule has 1 aromatic rings. The second-order valence-corrected chi connectivity index (χ2v) is 4.90. The van der Waals surface area contributed by atoms with Crippen molar-refractivity contribution in [2.24, 2.45) is 0 Å². The third kappa shape index (κ3) is 4.11. The van der Waals surface area contributed by atoms with Crippen LogP contribution in [-0.4, -0.2) is 60.3 Å². The van der Waals surface area contributed by atoms with Gasteiger partial charge in [0.15, 0.2) is 0 Å². The van der Waals surface area contributed by atoms with Gasteiger partial charge in [-0.05, 0) is 25.1 Å². The summed E-state index contributed by atoms with van der Waals surface area (Å²) < 4.78 is 0. The van der Waals surface area contributed by atoms with Crippen LogP contribution in [0.4, 0.5) is 0 Å². The number of hydrogen-bond donors (Lipinski definition) is 4. The topological polar surface area (TPSA) is 84.8 Å². The molecule has 0 saturated carbocycles. The van der Waals surface area contributed by atoms with Gasteiger partial charge >= 0.3 is 0 Å². The Morgan fingerprint density at radius 2 is 2.05 bits per heavy atom. The molecule has 0 aliphatic carbocycles. The number of carbonyl (C=O) groups excluding carboxylic acids is 1. The maximum atomic E-state index is 11.9. The third-order valence-electron chi connectivity index (χ3n) is 3.37.